The highest BCUT2D eigenvalue weighted by molar-refractivity contribution is 7.21. The zero-order chi connectivity index (χ0) is 31.3. The van der Waals surface area contributed by atoms with Crippen LogP contribution in [-0.4, -0.2) is 36.4 Å². The highest BCUT2D eigenvalue weighted by Crippen LogP contribution is 2.44. The van der Waals surface area contributed by atoms with Gasteiger partial charge in [-0.1, -0.05) is 32.9 Å². The third kappa shape index (κ3) is 5.95. The van der Waals surface area contributed by atoms with E-state index in [0.29, 0.717) is 28.3 Å². The van der Waals surface area contributed by atoms with Gasteiger partial charge < -0.3 is 15.8 Å². The first-order valence-electron chi connectivity index (χ1n) is 13.0. The third-order valence-corrected chi connectivity index (χ3v) is 8.00. The molecule has 0 aliphatic rings. The zero-order valence-corrected chi connectivity index (χ0v) is 24.7. The average Bonchev–Trinajstić information content (AvgIpc) is 3.64. The van der Waals surface area contributed by atoms with Crippen LogP contribution in [0.1, 0.15) is 57.9 Å². The van der Waals surface area contributed by atoms with Crippen LogP contribution in [0, 0.1) is 6.92 Å². The molecule has 0 fully saturated rings. The largest absolute Gasteiger partial charge is 0.471 e. The molecular formula is C29H28F3N7O3S. The maximum atomic E-state index is 13.8. The van der Waals surface area contributed by atoms with E-state index in [1.165, 1.54) is 21.6 Å². The summed E-state index contributed by atoms with van der Waals surface area (Å²) in [5.41, 5.74) is 6.56. The molecule has 4 aromatic heterocycles. The SMILES string of the molecule is Cc1c(-c2cc(C(F)(F)F)nc3sc(C(N)=O)c(NC(=O)c4ccn(COc5ccc(C(C)(C)C)cc5)n4)c23)cnn1C. The van der Waals surface area contributed by atoms with Crippen LogP contribution in [0.25, 0.3) is 21.3 Å². The fraction of sp³-hybridized carbons (Fsp3) is 0.276. The minimum absolute atomic E-state index is 0.000799. The van der Waals surface area contributed by atoms with Crippen LogP contribution in [0.5, 0.6) is 5.75 Å². The third-order valence-electron chi connectivity index (χ3n) is 6.90. The van der Waals surface area contributed by atoms with Crippen LogP contribution in [0.3, 0.4) is 0 Å². The van der Waals surface area contributed by atoms with Crippen LogP contribution in [0.2, 0.25) is 0 Å². The Morgan fingerprint density at radius 1 is 1.09 bits per heavy atom. The highest BCUT2D eigenvalue weighted by Gasteiger charge is 2.35. The second kappa shape index (κ2) is 10.8. The molecule has 0 bridgehead atoms. The molecule has 43 heavy (non-hydrogen) atoms. The van der Waals surface area contributed by atoms with Gasteiger partial charge in [0.15, 0.2) is 12.4 Å². The number of benzene rings is 1. The summed E-state index contributed by atoms with van der Waals surface area (Å²) in [6.07, 6.45) is -1.81. The number of hydrogen-bond donors (Lipinski definition) is 2. The van der Waals surface area contributed by atoms with Gasteiger partial charge in [-0.2, -0.15) is 23.4 Å². The summed E-state index contributed by atoms with van der Waals surface area (Å²) in [4.78, 5) is 29.2. The highest BCUT2D eigenvalue weighted by atomic mass is 32.1. The van der Waals surface area contributed by atoms with Crippen LogP contribution >= 0.6 is 11.3 Å². The lowest BCUT2D eigenvalue weighted by molar-refractivity contribution is -0.140. The molecule has 0 saturated carbocycles. The van der Waals surface area contributed by atoms with Gasteiger partial charge in [0.05, 0.1) is 11.9 Å². The standard InChI is InChI=1S/C29H28F3N7O3S/c1-15-19(13-34-38(15)5)18-12-21(29(30,31)32)35-27-22(18)23(24(43-27)25(33)40)36-26(41)20-10-11-39(37-20)14-42-17-8-6-16(7-9-17)28(2,3)4/h6-13H,14H2,1-5H3,(H2,33,40)(H,36,41). The molecular weight excluding hydrogens is 583 g/mol. The van der Waals surface area contributed by atoms with Crippen LogP contribution in [0.4, 0.5) is 18.9 Å². The summed E-state index contributed by atoms with van der Waals surface area (Å²) < 4.78 is 50.1. The number of carbonyl (C=O) groups excluding carboxylic acids is 2. The first-order chi connectivity index (χ1) is 20.1. The van der Waals surface area contributed by atoms with Crippen molar-refractivity contribution in [2.45, 2.75) is 46.0 Å². The number of aryl methyl sites for hydroxylation is 1. The van der Waals surface area contributed by atoms with Crippen molar-refractivity contribution in [3.8, 4) is 16.9 Å². The molecule has 0 aliphatic carbocycles. The van der Waals surface area contributed by atoms with Crippen LogP contribution < -0.4 is 15.8 Å². The minimum atomic E-state index is -4.76. The molecule has 224 valence electrons. The predicted octanol–water partition coefficient (Wildman–Crippen LogP) is 5.91. The van der Waals surface area contributed by atoms with E-state index < -0.39 is 23.7 Å². The number of primary amides is 1. The first-order valence-corrected chi connectivity index (χ1v) is 13.9. The number of hydrogen-bond acceptors (Lipinski definition) is 7. The zero-order valence-electron chi connectivity index (χ0n) is 23.9. The lowest BCUT2D eigenvalue weighted by atomic mass is 9.87. The fourth-order valence-electron chi connectivity index (χ4n) is 4.44. The number of rotatable bonds is 7. The van der Waals surface area contributed by atoms with Gasteiger partial charge in [0.2, 0.25) is 0 Å². The molecule has 3 N–H and O–H groups in total. The summed E-state index contributed by atoms with van der Waals surface area (Å²) in [5.74, 6) is -1.02. The quantitative estimate of drug-likeness (QED) is 0.236. The average molecular weight is 612 g/mol. The van der Waals surface area contributed by atoms with Crippen molar-refractivity contribution in [2.75, 3.05) is 5.32 Å². The molecule has 14 heteroatoms. The Bertz CT molecular complexity index is 1850. The number of anilines is 1. The normalized spacial score (nSPS) is 12.1. The van der Waals surface area contributed by atoms with Gasteiger partial charge in [-0.15, -0.1) is 11.3 Å². The monoisotopic (exact) mass is 611 g/mol. The molecule has 2 amide bonds. The molecule has 5 rings (SSSR count). The van der Waals surface area contributed by atoms with Crippen molar-refractivity contribution in [1.29, 1.82) is 0 Å². The lowest BCUT2D eigenvalue weighted by Gasteiger charge is -2.19. The Labute approximate surface area is 248 Å². The van der Waals surface area contributed by atoms with Crippen molar-refractivity contribution in [2.24, 2.45) is 12.8 Å². The number of carbonyl (C=O) groups is 2. The Hall–Kier alpha value is -4.72. The molecule has 1 aromatic carbocycles. The molecule has 0 atom stereocenters. The smallest absolute Gasteiger partial charge is 0.433 e. The summed E-state index contributed by atoms with van der Waals surface area (Å²) >= 11 is 0.661. The van der Waals surface area contributed by atoms with Crippen LogP contribution in [0.15, 0.2) is 48.8 Å². The van der Waals surface area contributed by atoms with Crippen molar-refractivity contribution in [3.63, 3.8) is 0 Å². The van der Waals surface area contributed by atoms with E-state index in [-0.39, 0.29) is 44.2 Å². The first kappa shape index (κ1) is 29.8. The van der Waals surface area contributed by atoms with E-state index in [0.717, 1.165) is 11.6 Å². The van der Waals surface area contributed by atoms with Gasteiger partial charge in [-0.3, -0.25) is 14.3 Å². The van der Waals surface area contributed by atoms with Gasteiger partial charge in [0.25, 0.3) is 11.8 Å². The number of fused-ring (bicyclic) bond motifs is 1. The second-order valence-electron chi connectivity index (χ2n) is 10.9. The van der Waals surface area contributed by atoms with Gasteiger partial charge in [-0.05, 0) is 47.7 Å². The summed E-state index contributed by atoms with van der Waals surface area (Å²) in [7, 11) is 1.65. The van der Waals surface area contributed by atoms with Crippen molar-refractivity contribution >= 4 is 39.1 Å². The summed E-state index contributed by atoms with van der Waals surface area (Å²) in [6.45, 7) is 8.05. The number of nitrogens with one attached hydrogen (secondary N) is 1. The Kier molecular flexibility index (Phi) is 7.50. The van der Waals surface area contributed by atoms with Crippen molar-refractivity contribution in [3.05, 3.63) is 76.3 Å². The molecule has 5 aromatic rings. The Balaban J connectivity index is 1.46. The van der Waals surface area contributed by atoms with Gasteiger partial charge >= 0.3 is 6.18 Å². The van der Waals surface area contributed by atoms with E-state index in [4.69, 9.17) is 10.5 Å². The summed E-state index contributed by atoms with van der Waals surface area (Å²) in [6, 6.07) is 9.99. The van der Waals surface area contributed by atoms with E-state index in [1.807, 2.05) is 24.3 Å². The predicted molar refractivity (Wildman–Crippen MR) is 156 cm³/mol. The maximum Gasteiger partial charge on any atom is 0.433 e. The van der Waals surface area contributed by atoms with Gasteiger partial charge in [0.1, 0.15) is 21.2 Å². The molecule has 0 spiro atoms. The molecule has 0 unspecified atom stereocenters. The number of pyridine rings is 1. The lowest BCUT2D eigenvalue weighted by Crippen LogP contribution is -2.18. The number of nitrogens with zero attached hydrogens (tertiary/aromatic N) is 5. The molecule has 10 nitrogen and oxygen atoms in total. The number of amides is 2. The maximum absolute atomic E-state index is 13.8. The number of alkyl halides is 3. The number of nitrogens with two attached hydrogens (primary N) is 1. The molecule has 4 heterocycles. The number of aromatic nitrogens is 5. The number of thiophene rings is 1. The Morgan fingerprint density at radius 3 is 2.37 bits per heavy atom. The second-order valence-corrected chi connectivity index (χ2v) is 11.9. The molecule has 0 saturated heterocycles. The minimum Gasteiger partial charge on any atom is -0.471 e. The number of halogens is 3. The fourth-order valence-corrected chi connectivity index (χ4v) is 5.44. The number of ether oxygens (including phenoxy) is 1. The van der Waals surface area contributed by atoms with Crippen LogP contribution in [-0.2, 0) is 25.4 Å². The van der Waals surface area contributed by atoms with Gasteiger partial charge in [0, 0.05) is 29.9 Å². The van der Waals surface area contributed by atoms with E-state index in [9.17, 15) is 22.8 Å². The topological polar surface area (TPSA) is 130 Å². The molecule has 0 radical (unpaired) electrons. The molecule has 0 aliphatic heterocycles. The van der Waals surface area contributed by atoms with E-state index >= 15 is 0 Å². The summed E-state index contributed by atoms with van der Waals surface area (Å²) in [5, 5.41) is 11.2. The van der Waals surface area contributed by atoms with E-state index in [1.54, 1.807) is 20.2 Å². The van der Waals surface area contributed by atoms with E-state index in [2.05, 4.69) is 41.3 Å². The Morgan fingerprint density at radius 2 is 1.79 bits per heavy atom. The van der Waals surface area contributed by atoms with Crippen molar-refractivity contribution < 1.29 is 27.5 Å². The van der Waals surface area contributed by atoms with Crippen molar-refractivity contribution in [1.82, 2.24) is 24.5 Å². The van der Waals surface area contributed by atoms with Gasteiger partial charge in [-0.25, -0.2) is 9.67 Å².